The Kier molecular flexibility index (Phi) is 3.72. The molecular formula is C15H15O3P. The number of hydrogen-bond donors (Lipinski definition) is 2. The third kappa shape index (κ3) is 2.69. The Morgan fingerprint density at radius 3 is 2.53 bits per heavy atom. The molecule has 0 saturated heterocycles. The molecule has 19 heavy (non-hydrogen) atoms. The molecule has 0 unspecified atom stereocenters. The van der Waals surface area contributed by atoms with E-state index in [2.05, 4.69) is 13.2 Å². The first kappa shape index (κ1) is 13.8. The minimum atomic E-state index is -4.37. The standard InChI is InChI=1S/C15H15O3P/c1-3-6-11(2)13-10-9-12-7-4-5-8-14(12)15(13)19(16,17)18/h3-5,7-10H,1-2,6H2,(H2,16,17,18). The molecule has 2 rings (SSSR count). The summed E-state index contributed by atoms with van der Waals surface area (Å²) in [4.78, 5) is 19.3. The zero-order valence-corrected chi connectivity index (χ0v) is 11.3. The van der Waals surface area contributed by atoms with E-state index < -0.39 is 7.60 Å². The molecule has 0 aliphatic heterocycles. The molecule has 0 aliphatic rings. The molecule has 0 bridgehead atoms. The second-order valence-electron chi connectivity index (χ2n) is 4.32. The third-order valence-electron chi connectivity index (χ3n) is 2.96. The molecule has 0 aromatic heterocycles. The lowest BCUT2D eigenvalue weighted by Gasteiger charge is -2.15. The fourth-order valence-corrected chi connectivity index (χ4v) is 3.20. The molecule has 2 aromatic carbocycles. The lowest BCUT2D eigenvalue weighted by Crippen LogP contribution is -2.12. The summed E-state index contributed by atoms with van der Waals surface area (Å²) in [6.07, 6.45) is 2.16. The van der Waals surface area contributed by atoms with Crippen molar-refractivity contribution in [1.29, 1.82) is 0 Å². The molecule has 0 fully saturated rings. The summed E-state index contributed by atoms with van der Waals surface area (Å²) in [5.74, 6) is 0. The maximum atomic E-state index is 11.8. The van der Waals surface area contributed by atoms with Gasteiger partial charge in [-0.1, -0.05) is 49.1 Å². The largest absolute Gasteiger partial charge is 0.357 e. The summed E-state index contributed by atoms with van der Waals surface area (Å²) in [5, 5.41) is 1.42. The molecule has 0 atom stereocenters. The molecule has 0 spiro atoms. The molecular weight excluding hydrogens is 259 g/mol. The van der Waals surface area contributed by atoms with E-state index in [1.807, 2.05) is 18.2 Å². The molecule has 0 amide bonds. The Morgan fingerprint density at radius 2 is 1.89 bits per heavy atom. The summed E-state index contributed by atoms with van der Waals surface area (Å²) >= 11 is 0. The smallest absolute Gasteiger partial charge is 0.321 e. The van der Waals surface area contributed by atoms with E-state index in [0.29, 0.717) is 22.9 Å². The van der Waals surface area contributed by atoms with Crippen molar-refractivity contribution in [3.05, 3.63) is 61.2 Å². The molecule has 0 radical (unpaired) electrons. The number of rotatable bonds is 4. The monoisotopic (exact) mass is 274 g/mol. The van der Waals surface area contributed by atoms with E-state index in [1.165, 1.54) is 0 Å². The van der Waals surface area contributed by atoms with Crippen molar-refractivity contribution in [3.8, 4) is 0 Å². The summed E-state index contributed by atoms with van der Waals surface area (Å²) in [7, 11) is -4.37. The Balaban J connectivity index is 2.81. The molecule has 98 valence electrons. The summed E-state index contributed by atoms with van der Waals surface area (Å²) < 4.78 is 11.8. The predicted molar refractivity (Wildman–Crippen MR) is 79.5 cm³/mol. The van der Waals surface area contributed by atoms with E-state index >= 15 is 0 Å². The van der Waals surface area contributed by atoms with Gasteiger partial charge in [-0.2, -0.15) is 0 Å². The number of allylic oxidation sites excluding steroid dienone is 2. The van der Waals surface area contributed by atoms with Gasteiger partial charge in [-0.3, -0.25) is 4.57 Å². The molecule has 3 nitrogen and oxygen atoms in total. The fourth-order valence-electron chi connectivity index (χ4n) is 2.14. The highest BCUT2D eigenvalue weighted by Gasteiger charge is 2.25. The molecule has 0 aliphatic carbocycles. The van der Waals surface area contributed by atoms with Crippen molar-refractivity contribution in [2.24, 2.45) is 0 Å². The van der Waals surface area contributed by atoms with Crippen LogP contribution in [0.1, 0.15) is 12.0 Å². The van der Waals surface area contributed by atoms with Gasteiger partial charge in [0.2, 0.25) is 0 Å². The van der Waals surface area contributed by atoms with Crippen molar-refractivity contribution in [1.82, 2.24) is 0 Å². The highest BCUT2D eigenvalue weighted by Crippen LogP contribution is 2.40. The molecule has 2 aromatic rings. The number of fused-ring (bicyclic) bond motifs is 1. The molecule has 0 heterocycles. The van der Waals surface area contributed by atoms with Crippen LogP contribution in [0.5, 0.6) is 0 Å². The van der Waals surface area contributed by atoms with Gasteiger partial charge >= 0.3 is 7.60 Å². The second-order valence-corrected chi connectivity index (χ2v) is 5.86. The van der Waals surface area contributed by atoms with E-state index in [-0.39, 0.29) is 5.30 Å². The first-order chi connectivity index (χ1) is 8.95. The van der Waals surface area contributed by atoms with Crippen LogP contribution in [0.4, 0.5) is 0 Å². The maximum Gasteiger partial charge on any atom is 0.357 e. The van der Waals surface area contributed by atoms with E-state index in [0.717, 1.165) is 5.39 Å². The Hall–Kier alpha value is -1.67. The van der Waals surface area contributed by atoms with Crippen molar-refractivity contribution in [2.75, 3.05) is 0 Å². The lowest BCUT2D eigenvalue weighted by molar-refractivity contribution is 0.387. The maximum absolute atomic E-state index is 11.8. The van der Waals surface area contributed by atoms with E-state index in [4.69, 9.17) is 0 Å². The van der Waals surface area contributed by atoms with Gasteiger partial charge in [0.15, 0.2) is 0 Å². The summed E-state index contributed by atoms with van der Waals surface area (Å²) in [6, 6.07) is 10.7. The topological polar surface area (TPSA) is 57.5 Å². The molecule has 0 saturated carbocycles. The van der Waals surface area contributed by atoms with Crippen LogP contribution < -0.4 is 5.30 Å². The van der Waals surface area contributed by atoms with Gasteiger partial charge in [-0.15, -0.1) is 6.58 Å². The van der Waals surface area contributed by atoms with Crippen LogP contribution in [0.25, 0.3) is 16.3 Å². The average molecular weight is 274 g/mol. The van der Waals surface area contributed by atoms with Gasteiger partial charge in [-0.25, -0.2) is 0 Å². The van der Waals surface area contributed by atoms with Crippen molar-refractivity contribution >= 4 is 29.2 Å². The second kappa shape index (κ2) is 5.14. The molecule has 2 N–H and O–H groups in total. The van der Waals surface area contributed by atoms with Gasteiger partial charge in [0, 0.05) is 0 Å². The van der Waals surface area contributed by atoms with Gasteiger partial charge < -0.3 is 9.79 Å². The Bertz CT molecular complexity index is 698. The predicted octanol–water partition coefficient (Wildman–Crippen LogP) is 3.23. The highest BCUT2D eigenvalue weighted by molar-refractivity contribution is 7.61. The van der Waals surface area contributed by atoms with Gasteiger partial charge in [0.1, 0.15) is 0 Å². The van der Waals surface area contributed by atoms with Crippen LogP contribution in [0, 0.1) is 0 Å². The van der Waals surface area contributed by atoms with E-state index in [9.17, 15) is 14.4 Å². The minimum Gasteiger partial charge on any atom is -0.321 e. The highest BCUT2D eigenvalue weighted by atomic mass is 31.2. The summed E-state index contributed by atoms with van der Waals surface area (Å²) in [6.45, 7) is 7.51. The quantitative estimate of drug-likeness (QED) is 0.664. The minimum absolute atomic E-state index is 0.0532. The van der Waals surface area contributed by atoms with Crippen molar-refractivity contribution < 1.29 is 14.4 Å². The van der Waals surface area contributed by atoms with Crippen LogP contribution in [0.3, 0.4) is 0 Å². The fraction of sp³-hybridized carbons (Fsp3) is 0.0667. The van der Waals surface area contributed by atoms with Gasteiger partial charge in [0.05, 0.1) is 5.30 Å². The molecule has 4 heteroatoms. The van der Waals surface area contributed by atoms with Crippen molar-refractivity contribution in [3.63, 3.8) is 0 Å². The first-order valence-corrected chi connectivity index (χ1v) is 7.43. The third-order valence-corrected chi connectivity index (χ3v) is 4.03. The Labute approximate surface area is 112 Å². The zero-order valence-electron chi connectivity index (χ0n) is 10.4. The lowest BCUT2D eigenvalue weighted by atomic mass is 10.00. The normalized spacial score (nSPS) is 11.5. The first-order valence-electron chi connectivity index (χ1n) is 5.82. The van der Waals surface area contributed by atoms with Crippen LogP contribution in [-0.2, 0) is 4.57 Å². The zero-order chi connectivity index (χ0) is 14.0. The van der Waals surface area contributed by atoms with Gasteiger partial charge in [0.25, 0.3) is 0 Å². The van der Waals surface area contributed by atoms with Crippen LogP contribution in [-0.4, -0.2) is 9.79 Å². The Morgan fingerprint density at radius 1 is 1.21 bits per heavy atom. The summed E-state index contributed by atoms with van der Waals surface area (Å²) in [5.41, 5.74) is 1.16. The van der Waals surface area contributed by atoms with E-state index in [1.54, 1.807) is 24.3 Å². The van der Waals surface area contributed by atoms with Gasteiger partial charge in [-0.05, 0) is 28.3 Å². The van der Waals surface area contributed by atoms with Crippen LogP contribution >= 0.6 is 7.60 Å². The number of hydrogen-bond acceptors (Lipinski definition) is 1. The SMILES string of the molecule is C=CCC(=C)c1ccc2ccccc2c1P(=O)(O)O. The van der Waals surface area contributed by atoms with Crippen LogP contribution in [0.2, 0.25) is 0 Å². The van der Waals surface area contributed by atoms with Crippen LogP contribution in [0.15, 0.2) is 55.6 Å². The average Bonchev–Trinajstić information content (AvgIpc) is 2.36. The number of benzene rings is 2. The van der Waals surface area contributed by atoms with Crippen molar-refractivity contribution in [2.45, 2.75) is 6.42 Å².